The number of likely N-dealkylation sites (tertiary alicyclic amines) is 1. The van der Waals surface area contributed by atoms with E-state index >= 15 is 0 Å². The molecule has 0 radical (unpaired) electrons. The number of nitrogens with two attached hydrogens (primary N) is 1. The Morgan fingerprint density at radius 1 is 1.26 bits per heavy atom. The molecule has 6 heteroatoms. The van der Waals surface area contributed by atoms with E-state index in [9.17, 15) is 9.18 Å². The number of aromatic nitrogens is 1. The van der Waals surface area contributed by atoms with Gasteiger partial charge in [-0.25, -0.2) is 9.37 Å². The van der Waals surface area contributed by atoms with E-state index in [0.29, 0.717) is 17.5 Å². The second-order valence-corrected chi connectivity index (χ2v) is 7.28. The molecule has 0 bridgehead atoms. The number of benzene rings is 1. The Balaban J connectivity index is 1.51. The van der Waals surface area contributed by atoms with Crippen molar-refractivity contribution in [3.63, 3.8) is 0 Å². The Hall–Kier alpha value is -1.79. The molecule has 4 rings (SSSR count). The van der Waals surface area contributed by atoms with E-state index in [1.165, 1.54) is 23.5 Å². The molecule has 1 saturated heterocycles. The van der Waals surface area contributed by atoms with Gasteiger partial charge < -0.3 is 10.6 Å². The summed E-state index contributed by atoms with van der Waals surface area (Å²) in [5, 5.41) is 2.53. The number of carbonyl (C=O) groups excluding carboxylic acids is 1. The predicted octanol–water partition coefficient (Wildman–Crippen LogP) is 2.76. The molecule has 2 heterocycles. The van der Waals surface area contributed by atoms with Crippen molar-refractivity contribution in [3.05, 3.63) is 41.2 Å². The first-order chi connectivity index (χ1) is 11.1. The van der Waals surface area contributed by atoms with Gasteiger partial charge in [0.2, 0.25) is 0 Å². The first-order valence-electron chi connectivity index (χ1n) is 7.88. The number of fused-ring (bicyclic) bond motifs is 1. The molecule has 120 valence electrons. The predicted molar refractivity (Wildman–Crippen MR) is 87.6 cm³/mol. The van der Waals surface area contributed by atoms with Crippen molar-refractivity contribution >= 4 is 17.2 Å². The highest BCUT2D eigenvalue weighted by atomic mass is 32.1. The largest absolute Gasteiger partial charge is 0.337 e. The highest BCUT2D eigenvalue weighted by Crippen LogP contribution is 2.37. The number of amides is 1. The summed E-state index contributed by atoms with van der Waals surface area (Å²) in [5.41, 5.74) is 7.44. The van der Waals surface area contributed by atoms with Crippen molar-refractivity contribution < 1.29 is 9.18 Å². The summed E-state index contributed by atoms with van der Waals surface area (Å²) in [6, 6.07) is 6.40. The number of rotatable bonds is 2. The van der Waals surface area contributed by atoms with Crippen molar-refractivity contribution in [2.45, 2.75) is 18.9 Å². The molecule has 3 atom stereocenters. The Morgan fingerprint density at radius 2 is 2.04 bits per heavy atom. The molecule has 4 nitrogen and oxygen atoms in total. The first kappa shape index (κ1) is 14.8. The number of hydrogen-bond acceptors (Lipinski definition) is 4. The van der Waals surface area contributed by atoms with Crippen LogP contribution in [0.1, 0.15) is 23.3 Å². The molecule has 23 heavy (non-hydrogen) atoms. The maximum absolute atomic E-state index is 13.0. The first-order valence-corrected chi connectivity index (χ1v) is 8.76. The number of carbonyl (C=O) groups is 1. The summed E-state index contributed by atoms with van der Waals surface area (Å²) in [6.07, 6.45) is 2.19. The molecule has 2 N–H and O–H groups in total. The van der Waals surface area contributed by atoms with Crippen LogP contribution in [0.15, 0.2) is 29.6 Å². The van der Waals surface area contributed by atoms with Crippen molar-refractivity contribution in [1.29, 1.82) is 0 Å². The van der Waals surface area contributed by atoms with E-state index in [0.717, 1.165) is 36.5 Å². The molecule has 2 fully saturated rings. The van der Waals surface area contributed by atoms with Gasteiger partial charge in [0.25, 0.3) is 5.91 Å². The fraction of sp³-hybridized carbons (Fsp3) is 0.412. The third kappa shape index (κ3) is 2.66. The van der Waals surface area contributed by atoms with Crippen molar-refractivity contribution in [2.24, 2.45) is 17.6 Å². The fourth-order valence-corrected chi connectivity index (χ4v) is 4.53. The summed E-state index contributed by atoms with van der Waals surface area (Å²) >= 11 is 1.41. The number of hydrogen-bond donors (Lipinski definition) is 1. The lowest BCUT2D eigenvalue weighted by molar-refractivity contribution is 0.0774. The number of thiazole rings is 1. The molecule has 1 saturated carbocycles. The minimum absolute atomic E-state index is 0.0174. The highest BCUT2D eigenvalue weighted by Gasteiger charge is 2.42. The second kappa shape index (κ2) is 5.69. The van der Waals surface area contributed by atoms with Gasteiger partial charge in [0.05, 0.1) is 0 Å². The number of nitrogens with zero attached hydrogens (tertiary/aromatic N) is 2. The van der Waals surface area contributed by atoms with E-state index in [1.807, 2.05) is 4.90 Å². The van der Waals surface area contributed by atoms with E-state index in [2.05, 4.69) is 4.98 Å². The minimum Gasteiger partial charge on any atom is -0.337 e. The molecule has 1 aliphatic carbocycles. The topological polar surface area (TPSA) is 59.2 Å². The van der Waals surface area contributed by atoms with Crippen molar-refractivity contribution in [2.75, 3.05) is 13.1 Å². The molecule has 2 aliphatic rings. The average molecular weight is 331 g/mol. The minimum atomic E-state index is -0.276. The molecule has 1 amide bonds. The third-order valence-corrected chi connectivity index (χ3v) is 5.91. The van der Waals surface area contributed by atoms with Crippen LogP contribution in [0.3, 0.4) is 0 Å². The SMILES string of the molecule is NC1CCC2CN(C(=O)c3csc(-c4ccc(F)cc4)n3)CC12. The monoisotopic (exact) mass is 331 g/mol. The van der Waals surface area contributed by atoms with Crippen LogP contribution in [0.25, 0.3) is 10.6 Å². The molecule has 2 aromatic rings. The van der Waals surface area contributed by atoms with Crippen LogP contribution in [0.5, 0.6) is 0 Å². The smallest absolute Gasteiger partial charge is 0.273 e. The van der Waals surface area contributed by atoms with E-state index < -0.39 is 0 Å². The van der Waals surface area contributed by atoms with E-state index in [-0.39, 0.29) is 17.8 Å². The van der Waals surface area contributed by atoms with Crippen LogP contribution < -0.4 is 5.73 Å². The zero-order valence-corrected chi connectivity index (χ0v) is 13.4. The maximum Gasteiger partial charge on any atom is 0.273 e. The van der Waals surface area contributed by atoms with E-state index in [4.69, 9.17) is 5.73 Å². The summed E-state index contributed by atoms with van der Waals surface area (Å²) in [6.45, 7) is 1.54. The highest BCUT2D eigenvalue weighted by molar-refractivity contribution is 7.13. The zero-order chi connectivity index (χ0) is 16.0. The lowest BCUT2D eigenvalue weighted by Gasteiger charge is -2.17. The van der Waals surface area contributed by atoms with Crippen LogP contribution in [0.4, 0.5) is 4.39 Å². The van der Waals surface area contributed by atoms with Gasteiger partial charge in [-0.2, -0.15) is 0 Å². The standard InChI is InChI=1S/C17H18FN3OS/c18-12-4-1-10(2-5-12)16-20-15(9-23-16)17(22)21-7-11-3-6-14(19)13(11)8-21/h1-2,4-5,9,11,13-14H,3,6-8,19H2. The normalized spacial score (nSPS) is 26.5. The van der Waals surface area contributed by atoms with Gasteiger partial charge in [-0.15, -0.1) is 11.3 Å². The van der Waals surface area contributed by atoms with Gasteiger partial charge >= 0.3 is 0 Å². The molecule has 1 aliphatic heterocycles. The maximum atomic E-state index is 13.0. The molecular formula is C17H18FN3OS. The molecule has 1 aromatic carbocycles. The Morgan fingerprint density at radius 3 is 2.78 bits per heavy atom. The van der Waals surface area contributed by atoms with Crippen LogP contribution in [-0.4, -0.2) is 34.9 Å². The Kier molecular flexibility index (Phi) is 3.66. The molecular weight excluding hydrogens is 313 g/mol. The zero-order valence-electron chi connectivity index (χ0n) is 12.6. The summed E-state index contributed by atoms with van der Waals surface area (Å²) in [7, 11) is 0. The van der Waals surface area contributed by atoms with Gasteiger partial charge in [-0.1, -0.05) is 0 Å². The van der Waals surface area contributed by atoms with Crippen LogP contribution in [-0.2, 0) is 0 Å². The summed E-state index contributed by atoms with van der Waals surface area (Å²) in [5.74, 6) is 0.691. The Labute approximate surface area is 138 Å². The van der Waals surface area contributed by atoms with Gasteiger partial charge in [0.1, 0.15) is 16.5 Å². The second-order valence-electron chi connectivity index (χ2n) is 6.42. The summed E-state index contributed by atoms with van der Waals surface area (Å²) < 4.78 is 13.0. The van der Waals surface area contributed by atoms with Gasteiger partial charge in [0, 0.05) is 30.1 Å². The van der Waals surface area contributed by atoms with E-state index in [1.54, 1.807) is 17.5 Å². The molecule has 3 unspecified atom stereocenters. The quantitative estimate of drug-likeness (QED) is 0.920. The fourth-order valence-electron chi connectivity index (χ4n) is 3.73. The van der Waals surface area contributed by atoms with Gasteiger partial charge in [-0.3, -0.25) is 4.79 Å². The molecule has 0 spiro atoms. The third-order valence-electron chi connectivity index (χ3n) is 5.01. The van der Waals surface area contributed by atoms with Crippen LogP contribution >= 0.6 is 11.3 Å². The van der Waals surface area contributed by atoms with Gasteiger partial charge in [0.15, 0.2) is 0 Å². The molecule has 1 aromatic heterocycles. The lowest BCUT2D eigenvalue weighted by Crippen LogP contribution is -2.33. The van der Waals surface area contributed by atoms with Crippen molar-refractivity contribution in [1.82, 2.24) is 9.88 Å². The van der Waals surface area contributed by atoms with Gasteiger partial charge in [-0.05, 0) is 48.9 Å². The van der Waals surface area contributed by atoms with Crippen molar-refractivity contribution in [3.8, 4) is 10.6 Å². The summed E-state index contributed by atoms with van der Waals surface area (Å²) in [4.78, 5) is 19.0. The number of halogens is 1. The van der Waals surface area contributed by atoms with Crippen LogP contribution in [0, 0.1) is 17.7 Å². The van der Waals surface area contributed by atoms with Crippen LogP contribution in [0.2, 0.25) is 0 Å². The average Bonchev–Trinajstić information content (AvgIpc) is 3.25. The lowest BCUT2D eigenvalue weighted by atomic mass is 9.98. The Bertz CT molecular complexity index is 730.